The normalized spacial score (nSPS) is 12.4. The highest BCUT2D eigenvalue weighted by atomic mass is 19.1. The molecule has 17 heavy (non-hydrogen) atoms. The minimum Gasteiger partial charge on any atom is -0.388 e. The number of rotatable bonds is 3. The Bertz CT molecular complexity index is 473. The van der Waals surface area contributed by atoms with Crippen LogP contribution < -0.4 is 0 Å². The van der Waals surface area contributed by atoms with Crippen molar-refractivity contribution in [3.8, 4) is 0 Å². The smallest absolute Gasteiger partial charge is 0.123 e. The van der Waals surface area contributed by atoms with Crippen molar-refractivity contribution in [1.29, 1.82) is 0 Å². The Hall–Kier alpha value is -1.67. The van der Waals surface area contributed by atoms with Crippen molar-refractivity contribution in [1.82, 2.24) is 0 Å². The summed E-state index contributed by atoms with van der Waals surface area (Å²) in [6, 6.07) is 14.0. The van der Waals surface area contributed by atoms with Crippen LogP contribution in [0.4, 0.5) is 4.39 Å². The summed E-state index contributed by atoms with van der Waals surface area (Å²) >= 11 is 0. The van der Waals surface area contributed by atoms with Gasteiger partial charge in [0.2, 0.25) is 0 Å². The van der Waals surface area contributed by atoms with Crippen molar-refractivity contribution in [3.05, 3.63) is 71.0 Å². The van der Waals surface area contributed by atoms with Crippen molar-refractivity contribution >= 4 is 0 Å². The molecule has 0 aliphatic heterocycles. The van der Waals surface area contributed by atoms with Gasteiger partial charge in [-0.3, -0.25) is 0 Å². The summed E-state index contributed by atoms with van der Waals surface area (Å²) in [5, 5.41) is 10.0. The van der Waals surface area contributed by atoms with Crippen molar-refractivity contribution in [2.45, 2.75) is 19.4 Å². The molecular weight excluding hydrogens is 215 g/mol. The van der Waals surface area contributed by atoms with Gasteiger partial charge in [-0.25, -0.2) is 4.39 Å². The number of hydrogen-bond donors (Lipinski definition) is 1. The molecule has 2 aromatic carbocycles. The van der Waals surface area contributed by atoms with E-state index in [0.29, 0.717) is 6.42 Å². The molecule has 2 heteroatoms. The van der Waals surface area contributed by atoms with Crippen LogP contribution in [0.3, 0.4) is 0 Å². The van der Waals surface area contributed by atoms with Gasteiger partial charge < -0.3 is 5.11 Å². The van der Waals surface area contributed by atoms with E-state index in [9.17, 15) is 9.50 Å². The quantitative estimate of drug-likeness (QED) is 0.856. The van der Waals surface area contributed by atoms with Crippen LogP contribution in [0.1, 0.15) is 22.8 Å². The van der Waals surface area contributed by atoms with Gasteiger partial charge >= 0.3 is 0 Å². The minimum absolute atomic E-state index is 0.281. The van der Waals surface area contributed by atoms with Gasteiger partial charge in [0.25, 0.3) is 0 Å². The molecule has 0 amide bonds. The van der Waals surface area contributed by atoms with E-state index in [2.05, 4.69) is 0 Å². The summed E-state index contributed by atoms with van der Waals surface area (Å²) in [6.07, 6.45) is -0.0374. The van der Waals surface area contributed by atoms with E-state index in [1.807, 2.05) is 31.2 Å². The lowest BCUT2D eigenvalue weighted by Crippen LogP contribution is -2.01. The SMILES string of the molecule is Cc1ccc(CC(O)c2ccc(F)cc2)cc1. The predicted octanol–water partition coefficient (Wildman–Crippen LogP) is 3.41. The van der Waals surface area contributed by atoms with E-state index < -0.39 is 6.10 Å². The van der Waals surface area contributed by atoms with Gasteiger partial charge in [0.1, 0.15) is 5.82 Å². The zero-order chi connectivity index (χ0) is 12.3. The van der Waals surface area contributed by atoms with Crippen LogP contribution in [0.15, 0.2) is 48.5 Å². The summed E-state index contributed by atoms with van der Waals surface area (Å²) in [5.41, 5.74) is 3.02. The second-order valence-corrected chi connectivity index (χ2v) is 4.26. The molecule has 1 unspecified atom stereocenters. The summed E-state index contributed by atoms with van der Waals surface area (Å²) in [6.45, 7) is 2.03. The highest BCUT2D eigenvalue weighted by molar-refractivity contribution is 5.25. The first-order valence-corrected chi connectivity index (χ1v) is 5.64. The average Bonchev–Trinajstić information content (AvgIpc) is 2.33. The third kappa shape index (κ3) is 3.14. The zero-order valence-corrected chi connectivity index (χ0v) is 9.73. The summed E-state index contributed by atoms with van der Waals surface area (Å²) in [7, 11) is 0. The van der Waals surface area contributed by atoms with E-state index in [4.69, 9.17) is 0 Å². The fraction of sp³-hybridized carbons (Fsp3) is 0.200. The molecule has 0 radical (unpaired) electrons. The molecular formula is C15H15FO. The standard InChI is InChI=1S/C15H15FO/c1-11-2-4-12(5-3-11)10-15(17)13-6-8-14(16)9-7-13/h2-9,15,17H,10H2,1H3. The van der Waals surface area contributed by atoms with Crippen molar-refractivity contribution in [3.63, 3.8) is 0 Å². The molecule has 0 fully saturated rings. The molecule has 1 N–H and O–H groups in total. The van der Waals surface area contributed by atoms with Crippen LogP contribution in [0.2, 0.25) is 0 Å². The van der Waals surface area contributed by atoms with Crippen LogP contribution in [-0.2, 0) is 6.42 Å². The van der Waals surface area contributed by atoms with Crippen molar-refractivity contribution in [2.24, 2.45) is 0 Å². The first-order valence-electron chi connectivity index (χ1n) is 5.64. The molecule has 2 rings (SSSR count). The summed E-state index contributed by atoms with van der Waals surface area (Å²) in [5.74, 6) is -0.281. The number of aryl methyl sites for hydroxylation is 1. The van der Waals surface area contributed by atoms with Gasteiger partial charge in [-0.05, 0) is 30.2 Å². The maximum Gasteiger partial charge on any atom is 0.123 e. The molecule has 0 heterocycles. The van der Waals surface area contributed by atoms with Crippen LogP contribution in [-0.4, -0.2) is 5.11 Å². The lowest BCUT2D eigenvalue weighted by atomic mass is 10.0. The molecule has 0 saturated heterocycles. The third-order valence-electron chi connectivity index (χ3n) is 2.80. The molecule has 0 aromatic heterocycles. The second kappa shape index (κ2) is 5.11. The Kier molecular flexibility index (Phi) is 3.55. The molecule has 1 nitrogen and oxygen atoms in total. The van der Waals surface area contributed by atoms with Gasteiger partial charge in [-0.1, -0.05) is 42.0 Å². The van der Waals surface area contributed by atoms with E-state index in [-0.39, 0.29) is 5.82 Å². The van der Waals surface area contributed by atoms with Gasteiger partial charge in [0.05, 0.1) is 6.10 Å². The van der Waals surface area contributed by atoms with Crippen LogP contribution >= 0.6 is 0 Å². The Balaban J connectivity index is 2.08. The predicted molar refractivity (Wildman–Crippen MR) is 66.2 cm³/mol. The second-order valence-electron chi connectivity index (χ2n) is 4.26. The van der Waals surface area contributed by atoms with Gasteiger partial charge in [0.15, 0.2) is 0 Å². The molecule has 0 bridgehead atoms. The van der Waals surface area contributed by atoms with E-state index in [0.717, 1.165) is 11.1 Å². The molecule has 88 valence electrons. The largest absolute Gasteiger partial charge is 0.388 e. The van der Waals surface area contributed by atoms with Gasteiger partial charge in [-0.15, -0.1) is 0 Å². The molecule has 0 saturated carbocycles. The highest BCUT2D eigenvalue weighted by Crippen LogP contribution is 2.18. The molecule has 0 aliphatic carbocycles. The first kappa shape index (κ1) is 11.8. The Morgan fingerprint density at radius 2 is 1.59 bits per heavy atom. The molecule has 2 aromatic rings. The summed E-state index contributed by atoms with van der Waals surface area (Å²) < 4.78 is 12.7. The van der Waals surface area contributed by atoms with E-state index in [1.165, 1.54) is 17.7 Å². The number of halogens is 1. The molecule has 0 spiro atoms. The average molecular weight is 230 g/mol. The lowest BCUT2D eigenvalue weighted by Gasteiger charge is -2.11. The minimum atomic E-state index is -0.585. The highest BCUT2D eigenvalue weighted by Gasteiger charge is 2.08. The Morgan fingerprint density at radius 1 is 1.00 bits per heavy atom. The lowest BCUT2D eigenvalue weighted by molar-refractivity contribution is 0.178. The maximum atomic E-state index is 12.7. The van der Waals surface area contributed by atoms with Gasteiger partial charge in [-0.2, -0.15) is 0 Å². The maximum absolute atomic E-state index is 12.7. The van der Waals surface area contributed by atoms with Crippen LogP contribution in [0.25, 0.3) is 0 Å². The van der Waals surface area contributed by atoms with Gasteiger partial charge in [0, 0.05) is 6.42 Å². The number of aliphatic hydroxyl groups is 1. The number of hydrogen-bond acceptors (Lipinski definition) is 1. The topological polar surface area (TPSA) is 20.2 Å². The van der Waals surface area contributed by atoms with E-state index >= 15 is 0 Å². The Labute approximate surface area is 101 Å². The van der Waals surface area contributed by atoms with Crippen LogP contribution in [0.5, 0.6) is 0 Å². The fourth-order valence-electron chi connectivity index (χ4n) is 1.75. The van der Waals surface area contributed by atoms with E-state index in [1.54, 1.807) is 12.1 Å². The van der Waals surface area contributed by atoms with Crippen molar-refractivity contribution < 1.29 is 9.50 Å². The number of benzene rings is 2. The molecule has 0 aliphatic rings. The summed E-state index contributed by atoms with van der Waals surface area (Å²) in [4.78, 5) is 0. The van der Waals surface area contributed by atoms with Crippen molar-refractivity contribution in [2.75, 3.05) is 0 Å². The fourth-order valence-corrected chi connectivity index (χ4v) is 1.75. The monoisotopic (exact) mass is 230 g/mol. The first-order chi connectivity index (χ1) is 8.15. The molecule has 1 atom stereocenters. The Morgan fingerprint density at radius 3 is 2.18 bits per heavy atom. The third-order valence-corrected chi connectivity index (χ3v) is 2.80. The van der Waals surface area contributed by atoms with Crippen LogP contribution in [0, 0.1) is 12.7 Å². The zero-order valence-electron chi connectivity index (χ0n) is 9.73. The number of aliphatic hydroxyl groups excluding tert-OH is 1.